The van der Waals surface area contributed by atoms with Gasteiger partial charge in [0.2, 0.25) is 0 Å². The fourth-order valence-electron chi connectivity index (χ4n) is 1.88. The molecule has 2 N–H and O–H groups in total. The largest absolute Gasteiger partial charge is 0.310 e. The summed E-state index contributed by atoms with van der Waals surface area (Å²) in [4.78, 5) is 0. The Hall–Kier alpha value is -0.570. The Kier molecular flexibility index (Phi) is 6.71. The van der Waals surface area contributed by atoms with Crippen LogP contribution in [0.15, 0.2) is 5.03 Å². The Morgan fingerprint density at radius 3 is 2.52 bits per heavy atom. The highest BCUT2D eigenvalue weighted by atomic mass is 32.2. The zero-order chi connectivity index (χ0) is 16.2. The highest BCUT2D eigenvalue weighted by Crippen LogP contribution is 2.22. The number of rotatable bonds is 8. The molecule has 0 bridgehead atoms. The zero-order valence-corrected chi connectivity index (χ0v) is 15.2. The summed E-state index contributed by atoms with van der Waals surface area (Å²) in [6.45, 7) is 8.28. The van der Waals surface area contributed by atoms with Crippen LogP contribution in [0.25, 0.3) is 0 Å². The van der Waals surface area contributed by atoms with Crippen molar-refractivity contribution in [1.82, 2.24) is 19.8 Å². The standard InChI is InChI=1S/C13H26N4O2S2/c1-9(2)14-7-12-11(4)15-16-13(12)21(18,19)17(5)10(3)8-20-6/h9-10,14H,7-8H2,1-6H3,(H,15,16). The minimum absolute atomic E-state index is 0.0760. The minimum atomic E-state index is -3.58. The fraction of sp³-hybridized carbons (Fsp3) is 0.769. The molecular weight excluding hydrogens is 308 g/mol. The first kappa shape index (κ1) is 18.5. The lowest BCUT2D eigenvalue weighted by Crippen LogP contribution is -2.37. The van der Waals surface area contributed by atoms with Crippen LogP contribution < -0.4 is 5.32 Å². The number of sulfonamides is 1. The molecule has 0 spiro atoms. The number of aromatic nitrogens is 2. The molecule has 0 aliphatic carbocycles. The lowest BCUT2D eigenvalue weighted by Gasteiger charge is -2.23. The number of nitrogens with zero attached hydrogens (tertiary/aromatic N) is 2. The van der Waals surface area contributed by atoms with Crippen LogP contribution in [-0.4, -0.2) is 54.1 Å². The monoisotopic (exact) mass is 334 g/mol. The summed E-state index contributed by atoms with van der Waals surface area (Å²) < 4.78 is 26.9. The highest BCUT2D eigenvalue weighted by Gasteiger charge is 2.30. The number of nitrogens with one attached hydrogen (secondary N) is 2. The number of hydrogen-bond donors (Lipinski definition) is 2. The molecule has 1 atom stereocenters. The van der Waals surface area contributed by atoms with Gasteiger partial charge in [-0.3, -0.25) is 5.10 Å². The van der Waals surface area contributed by atoms with E-state index in [2.05, 4.69) is 15.5 Å². The van der Waals surface area contributed by atoms with Gasteiger partial charge in [-0.25, -0.2) is 8.42 Å². The molecule has 0 aliphatic heterocycles. The third-order valence-electron chi connectivity index (χ3n) is 3.38. The topological polar surface area (TPSA) is 78.1 Å². The van der Waals surface area contributed by atoms with Crippen LogP contribution in [0.4, 0.5) is 0 Å². The van der Waals surface area contributed by atoms with Crippen molar-refractivity contribution in [2.24, 2.45) is 0 Å². The summed E-state index contributed by atoms with van der Waals surface area (Å²) in [5.41, 5.74) is 1.50. The van der Waals surface area contributed by atoms with Crippen molar-refractivity contribution in [3.8, 4) is 0 Å². The molecule has 0 aromatic carbocycles. The van der Waals surface area contributed by atoms with Crippen LogP contribution in [0.2, 0.25) is 0 Å². The Bertz CT molecular complexity index is 555. The normalized spacial score (nSPS) is 14.1. The molecule has 0 saturated carbocycles. The summed E-state index contributed by atoms with van der Waals surface area (Å²) in [5, 5.41) is 10.2. The molecule has 1 unspecified atom stereocenters. The first-order valence-electron chi connectivity index (χ1n) is 6.96. The number of hydrogen-bond acceptors (Lipinski definition) is 5. The van der Waals surface area contributed by atoms with Crippen LogP contribution in [0.1, 0.15) is 32.0 Å². The van der Waals surface area contributed by atoms with E-state index in [1.54, 1.807) is 18.8 Å². The molecule has 0 amide bonds. The van der Waals surface area contributed by atoms with Crippen molar-refractivity contribution < 1.29 is 8.42 Å². The Labute approximate surface area is 132 Å². The quantitative estimate of drug-likeness (QED) is 0.755. The molecule has 1 heterocycles. The first-order valence-corrected chi connectivity index (χ1v) is 9.79. The molecule has 122 valence electrons. The Morgan fingerprint density at radius 2 is 2.00 bits per heavy atom. The van der Waals surface area contributed by atoms with Gasteiger partial charge in [0, 0.05) is 42.7 Å². The average molecular weight is 335 g/mol. The summed E-state index contributed by atoms with van der Waals surface area (Å²) in [5.74, 6) is 0.749. The molecule has 6 nitrogen and oxygen atoms in total. The van der Waals surface area contributed by atoms with Crippen LogP contribution in [0.3, 0.4) is 0 Å². The maximum absolute atomic E-state index is 12.7. The van der Waals surface area contributed by atoms with Gasteiger partial charge >= 0.3 is 0 Å². The number of H-pyrrole nitrogens is 1. The number of thioether (sulfide) groups is 1. The smallest absolute Gasteiger partial charge is 0.262 e. The molecular formula is C13H26N4O2S2. The lowest BCUT2D eigenvalue weighted by molar-refractivity contribution is 0.412. The molecule has 0 aliphatic rings. The van der Waals surface area contributed by atoms with Crippen molar-refractivity contribution in [3.63, 3.8) is 0 Å². The van der Waals surface area contributed by atoms with E-state index in [9.17, 15) is 8.42 Å². The predicted octanol–water partition coefficient (Wildman–Crippen LogP) is 1.59. The molecule has 0 fully saturated rings. The first-order chi connectivity index (χ1) is 9.71. The minimum Gasteiger partial charge on any atom is -0.310 e. The van der Waals surface area contributed by atoms with Crippen molar-refractivity contribution in [1.29, 1.82) is 0 Å². The highest BCUT2D eigenvalue weighted by molar-refractivity contribution is 7.98. The average Bonchev–Trinajstić information content (AvgIpc) is 2.77. The lowest BCUT2D eigenvalue weighted by atomic mass is 10.2. The second-order valence-electron chi connectivity index (χ2n) is 5.49. The van der Waals surface area contributed by atoms with E-state index < -0.39 is 10.0 Å². The fourth-order valence-corrected chi connectivity index (χ4v) is 4.20. The van der Waals surface area contributed by atoms with E-state index in [1.807, 2.05) is 34.0 Å². The van der Waals surface area contributed by atoms with Gasteiger partial charge in [-0.1, -0.05) is 13.8 Å². The van der Waals surface area contributed by atoms with Crippen molar-refractivity contribution in [3.05, 3.63) is 11.3 Å². The van der Waals surface area contributed by atoms with Crippen LogP contribution >= 0.6 is 11.8 Å². The van der Waals surface area contributed by atoms with Gasteiger partial charge in [0.1, 0.15) is 0 Å². The van der Waals surface area contributed by atoms with Gasteiger partial charge in [-0.2, -0.15) is 21.2 Å². The molecule has 1 aromatic rings. The Balaban J connectivity index is 3.08. The van der Waals surface area contributed by atoms with E-state index in [1.165, 1.54) is 4.31 Å². The third-order valence-corrected chi connectivity index (χ3v) is 6.14. The van der Waals surface area contributed by atoms with E-state index in [0.717, 1.165) is 11.4 Å². The van der Waals surface area contributed by atoms with Crippen LogP contribution in [0.5, 0.6) is 0 Å². The number of aromatic amines is 1. The van der Waals surface area contributed by atoms with Crippen LogP contribution in [0, 0.1) is 6.92 Å². The van der Waals surface area contributed by atoms with E-state index in [-0.39, 0.29) is 17.1 Å². The molecule has 8 heteroatoms. The molecule has 1 aromatic heterocycles. The number of aryl methyl sites for hydroxylation is 1. The van der Waals surface area contributed by atoms with Crippen molar-refractivity contribution in [2.75, 3.05) is 19.1 Å². The van der Waals surface area contributed by atoms with Gasteiger partial charge in [-0.15, -0.1) is 0 Å². The molecule has 1 rings (SSSR count). The molecule has 21 heavy (non-hydrogen) atoms. The third kappa shape index (κ3) is 4.45. The molecule has 0 radical (unpaired) electrons. The van der Waals surface area contributed by atoms with E-state index in [4.69, 9.17) is 0 Å². The SMILES string of the molecule is CSCC(C)N(C)S(=O)(=O)c1n[nH]c(C)c1CNC(C)C. The summed E-state index contributed by atoms with van der Waals surface area (Å²) in [6, 6.07) is 0.205. The second kappa shape index (κ2) is 7.62. The van der Waals surface area contributed by atoms with Gasteiger partial charge in [0.05, 0.1) is 0 Å². The summed E-state index contributed by atoms with van der Waals surface area (Å²) in [6.07, 6.45) is 1.97. The molecule has 0 saturated heterocycles. The maximum atomic E-state index is 12.7. The predicted molar refractivity (Wildman–Crippen MR) is 88.1 cm³/mol. The summed E-state index contributed by atoms with van der Waals surface area (Å²) >= 11 is 1.63. The van der Waals surface area contributed by atoms with Gasteiger partial charge in [0.25, 0.3) is 10.0 Å². The van der Waals surface area contributed by atoms with E-state index in [0.29, 0.717) is 12.1 Å². The van der Waals surface area contributed by atoms with E-state index >= 15 is 0 Å². The van der Waals surface area contributed by atoms with Crippen molar-refractivity contribution >= 4 is 21.8 Å². The van der Waals surface area contributed by atoms with Gasteiger partial charge in [-0.05, 0) is 20.1 Å². The maximum Gasteiger partial charge on any atom is 0.262 e. The van der Waals surface area contributed by atoms with Crippen LogP contribution in [-0.2, 0) is 16.6 Å². The van der Waals surface area contributed by atoms with Crippen molar-refractivity contribution in [2.45, 2.75) is 51.3 Å². The Morgan fingerprint density at radius 1 is 1.38 bits per heavy atom. The van der Waals surface area contributed by atoms with Gasteiger partial charge in [0.15, 0.2) is 5.03 Å². The zero-order valence-electron chi connectivity index (χ0n) is 13.6. The van der Waals surface area contributed by atoms with Gasteiger partial charge < -0.3 is 5.32 Å². The second-order valence-corrected chi connectivity index (χ2v) is 8.32. The summed E-state index contributed by atoms with van der Waals surface area (Å²) in [7, 11) is -1.97.